The molecule has 1 rings (SSSR count). The second kappa shape index (κ2) is 6.51. The zero-order chi connectivity index (χ0) is 9.68. The fourth-order valence-electron chi connectivity index (χ4n) is 1.12. The monoisotopic (exact) mass is 215 g/mol. The van der Waals surface area contributed by atoms with E-state index in [0.29, 0.717) is 0 Å². The molecule has 0 atom stereocenters. The molecule has 0 aliphatic rings. The summed E-state index contributed by atoms with van der Waals surface area (Å²) in [6.07, 6.45) is 0. The van der Waals surface area contributed by atoms with E-state index in [9.17, 15) is 0 Å². The van der Waals surface area contributed by atoms with Crippen LogP contribution in [0.3, 0.4) is 0 Å². The smallest absolute Gasteiger partial charge is 0.0491 e. The highest BCUT2D eigenvalue weighted by Gasteiger charge is 1.97. The van der Waals surface area contributed by atoms with Gasteiger partial charge in [0.15, 0.2) is 0 Å². The third-order valence-corrected chi connectivity index (χ3v) is 1.96. The molecule has 1 aromatic carbocycles. The molecular weight excluding hydrogens is 198 g/mol. The van der Waals surface area contributed by atoms with Crippen molar-refractivity contribution in [2.45, 2.75) is 13.8 Å². The summed E-state index contributed by atoms with van der Waals surface area (Å²) in [4.78, 5) is 0. The Morgan fingerprint density at radius 2 is 1.64 bits per heavy atom. The van der Waals surface area contributed by atoms with Gasteiger partial charge in [0.2, 0.25) is 0 Å². The van der Waals surface area contributed by atoms with E-state index in [1.54, 1.807) is 0 Å². The van der Waals surface area contributed by atoms with Crippen molar-refractivity contribution in [3.8, 4) is 0 Å². The Morgan fingerprint density at radius 1 is 1.14 bits per heavy atom. The van der Waals surface area contributed by atoms with Crippen molar-refractivity contribution in [3.05, 3.63) is 24.3 Å². The molecule has 0 radical (unpaired) electrons. The highest BCUT2D eigenvalue weighted by atomic mass is 35.5. The number of nitrogens with one attached hydrogen (secondary N) is 1. The Bertz CT molecular complexity index is 244. The van der Waals surface area contributed by atoms with Crippen LogP contribution in [0.5, 0.6) is 0 Å². The van der Waals surface area contributed by atoms with Gasteiger partial charge < -0.3 is 11.2 Å². The van der Waals surface area contributed by atoms with Gasteiger partial charge in [-0.05, 0) is 24.3 Å². The Hall–Kier alpha value is -0.930. The number of hydrogen-bond acceptors (Lipinski definition) is 3. The maximum Gasteiger partial charge on any atom is 0.0491 e. The largest absolute Gasteiger partial charge is 0.399 e. The molecule has 3 nitrogen and oxygen atoms in total. The third kappa shape index (κ3) is 3.85. The Labute approximate surface area is 91.7 Å². The number of nitrogens with two attached hydrogens (primary N) is 1. The predicted molar refractivity (Wildman–Crippen MR) is 64.6 cm³/mol. The molecule has 0 heterocycles. The van der Waals surface area contributed by atoms with E-state index in [1.807, 2.05) is 24.3 Å². The number of rotatable bonds is 4. The van der Waals surface area contributed by atoms with Gasteiger partial charge in [0.05, 0.1) is 0 Å². The van der Waals surface area contributed by atoms with E-state index in [2.05, 4.69) is 24.3 Å². The van der Waals surface area contributed by atoms with Crippen molar-refractivity contribution < 1.29 is 0 Å². The Balaban J connectivity index is 0.00000169. The summed E-state index contributed by atoms with van der Waals surface area (Å²) in [7, 11) is 0. The summed E-state index contributed by atoms with van der Waals surface area (Å²) in [5, 5.41) is 2.13. The average Bonchev–Trinajstić information content (AvgIpc) is 2.17. The predicted octanol–water partition coefficient (Wildman–Crippen LogP) is 2.36. The molecule has 14 heavy (non-hydrogen) atoms. The number of benzene rings is 1. The van der Waals surface area contributed by atoms with E-state index < -0.39 is 0 Å². The lowest BCUT2D eigenvalue weighted by Crippen LogP contribution is -2.29. The van der Waals surface area contributed by atoms with Crippen molar-refractivity contribution in [3.63, 3.8) is 0 Å². The van der Waals surface area contributed by atoms with Crippen LogP contribution in [0.25, 0.3) is 0 Å². The van der Waals surface area contributed by atoms with Crippen molar-refractivity contribution in [2.24, 2.45) is 0 Å². The molecule has 0 saturated heterocycles. The highest BCUT2D eigenvalue weighted by molar-refractivity contribution is 5.85. The van der Waals surface area contributed by atoms with Crippen LogP contribution in [0.2, 0.25) is 0 Å². The van der Waals surface area contributed by atoms with Gasteiger partial charge in [0.1, 0.15) is 0 Å². The standard InChI is InChI=1S/C10H17N3.ClH/c1-3-13(4-2)12-10-7-5-9(11)6-8-10;/h5-8,12H,3-4,11H2,1-2H3;1H. The van der Waals surface area contributed by atoms with Crippen molar-refractivity contribution >= 4 is 23.8 Å². The van der Waals surface area contributed by atoms with E-state index in [-0.39, 0.29) is 12.4 Å². The van der Waals surface area contributed by atoms with Crippen LogP contribution in [-0.4, -0.2) is 18.1 Å². The molecule has 4 heteroatoms. The van der Waals surface area contributed by atoms with Gasteiger partial charge in [-0.15, -0.1) is 12.4 Å². The number of halogens is 1. The van der Waals surface area contributed by atoms with Gasteiger partial charge in [-0.25, -0.2) is 5.01 Å². The van der Waals surface area contributed by atoms with Gasteiger partial charge in [-0.2, -0.15) is 0 Å². The second-order valence-corrected chi connectivity index (χ2v) is 2.91. The Morgan fingerprint density at radius 3 is 2.07 bits per heavy atom. The molecular formula is C10H18ClN3. The maximum atomic E-state index is 5.58. The first-order valence-electron chi connectivity index (χ1n) is 4.63. The van der Waals surface area contributed by atoms with Gasteiger partial charge in [-0.3, -0.25) is 0 Å². The molecule has 0 saturated carbocycles. The number of nitrogens with zero attached hydrogens (tertiary/aromatic N) is 1. The quantitative estimate of drug-likeness (QED) is 0.599. The van der Waals surface area contributed by atoms with Crippen LogP contribution in [-0.2, 0) is 0 Å². The van der Waals surface area contributed by atoms with Crippen molar-refractivity contribution in [1.29, 1.82) is 0 Å². The number of hydrazine groups is 1. The fraction of sp³-hybridized carbons (Fsp3) is 0.400. The minimum absolute atomic E-state index is 0. The van der Waals surface area contributed by atoms with Crippen LogP contribution in [0.1, 0.15) is 13.8 Å². The lowest BCUT2D eigenvalue weighted by Gasteiger charge is -2.20. The molecule has 0 amide bonds. The van der Waals surface area contributed by atoms with Gasteiger partial charge >= 0.3 is 0 Å². The molecule has 0 aliphatic heterocycles. The fourth-order valence-corrected chi connectivity index (χ4v) is 1.12. The van der Waals surface area contributed by atoms with Crippen LogP contribution in [0.4, 0.5) is 11.4 Å². The third-order valence-electron chi connectivity index (χ3n) is 1.96. The molecule has 3 N–H and O–H groups in total. The van der Waals surface area contributed by atoms with E-state index in [0.717, 1.165) is 24.5 Å². The number of hydrogen-bond donors (Lipinski definition) is 2. The van der Waals surface area contributed by atoms with E-state index in [4.69, 9.17) is 5.73 Å². The average molecular weight is 216 g/mol. The summed E-state index contributed by atoms with van der Waals surface area (Å²) in [6, 6.07) is 7.75. The first kappa shape index (κ1) is 13.1. The molecule has 0 fully saturated rings. The van der Waals surface area contributed by atoms with Crippen LogP contribution in [0.15, 0.2) is 24.3 Å². The molecule has 1 aromatic rings. The highest BCUT2D eigenvalue weighted by Crippen LogP contribution is 2.10. The van der Waals surface area contributed by atoms with Crippen molar-refractivity contribution in [2.75, 3.05) is 24.2 Å². The van der Waals surface area contributed by atoms with Crippen molar-refractivity contribution in [1.82, 2.24) is 5.01 Å². The normalized spacial score (nSPS) is 9.64. The lowest BCUT2D eigenvalue weighted by molar-refractivity contribution is 0.367. The maximum absolute atomic E-state index is 5.58. The lowest BCUT2D eigenvalue weighted by atomic mass is 10.3. The van der Waals surface area contributed by atoms with Gasteiger partial charge in [0, 0.05) is 24.5 Å². The topological polar surface area (TPSA) is 41.3 Å². The minimum Gasteiger partial charge on any atom is -0.399 e. The number of anilines is 2. The first-order valence-corrected chi connectivity index (χ1v) is 4.63. The second-order valence-electron chi connectivity index (χ2n) is 2.91. The van der Waals surface area contributed by atoms with E-state index >= 15 is 0 Å². The van der Waals surface area contributed by atoms with Crippen LogP contribution in [0, 0.1) is 0 Å². The van der Waals surface area contributed by atoms with Gasteiger partial charge in [-0.1, -0.05) is 13.8 Å². The minimum atomic E-state index is 0. The summed E-state index contributed by atoms with van der Waals surface area (Å²) < 4.78 is 0. The zero-order valence-corrected chi connectivity index (χ0v) is 9.47. The molecule has 0 unspecified atom stereocenters. The van der Waals surface area contributed by atoms with Gasteiger partial charge in [0.25, 0.3) is 0 Å². The van der Waals surface area contributed by atoms with E-state index in [1.165, 1.54) is 0 Å². The summed E-state index contributed by atoms with van der Waals surface area (Å²) in [5.41, 5.74) is 10.7. The number of nitrogen functional groups attached to an aromatic ring is 1. The molecule has 0 spiro atoms. The molecule has 0 aromatic heterocycles. The van der Waals surface area contributed by atoms with Crippen LogP contribution < -0.4 is 11.2 Å². The van der Waals surface area contributed by atoms with Crippen LogP contribution >= 0.6 is 12.4 Å². The summed E-state index contributed by atoms with van der Waals surface area (Å²) in [6.45, 7) is 6.21. The first-order chi connectivity index (χ1) is 6.26. The molecule has 80 valence electrons. The molecule has 0 bridgehead atoms. The Kier molecular flexibility index (Phi) is 6.08. The summed E-state index contributed by atoms with van der Waals surface area (Å²) >= 11 is 0. The summed E-state index contributed by atoms with van der Waals surface area (Å²) in [5.74, 6) is 0. The zero-order valence-electron chi connectivity index (χ0n) is 8.66. The molecule has 0 aliphatic carbocycles. The SMILES string of the molecule is CCN(CC)Nc1ccc(N)cc1.Cl.